The third-order valence-electron chi connectivity index (χ3n) is 6.16. The number of nitrogens with zero attached hydrogens (tertiary/aromatic N) is 7. The molecule has 142 valence electrons. The van der Waals surface area contributed by atoms with Gasteiger partial charge in [-0.1, -0.05) is 0 Å². The van der Waals surface area contributed by atoms with Crippen LogP contribution in [0.4, 0.5) is 17.5 Å². The van der Waals surface area contributed by atoms with Crippen molar-refractivity contribution in [1.29, 1.82) is 0 Å². The Hall–Kier alpha value is -1.96. The lowest BCUT2D eigenvalue weighted by atomic mass is 9.92. The van der Waals surface area contributed by atoms with Gasteiger partial charge in [0.15, 0.2) is 0 Å². The van der Waals surface area contributed by atoms with Crippen molar-refractivity contribution >= 4 is 33.4 Å². The molecule has 2 unspecified atom stereocenters. The van der Waals surface area contributed by atoms with E-state index in [9.17, 15) is 0 Å². The van der Waals surface area contributed by atoms with E-state index < -0.39 is 0 Å². The molecule has 0 bridgehead atoms. The minimum atomic E-state index is 0.472. The second-order valence-corrected chi connectivity index (χ2v) is 8.48. The van der Waals surface area contributed by atoms with Gasteiger partial charge in [-0.2, -0.15) is 0 Å². The van der Waals surface area contributed by atoms with Crippen LogP contribution in [0.3, 0.4) is 0 Å². The minimum absolute atomic E-state index is 0.472. The molecule has 7 nitrogen and oxygen atoms in total. The zero-order valence-corrected chi connectivity index (χ0v) is 16.9. The molecule has 2 aromatic rings. The molecule has 0 radical (unpaired) electrons. The molecule has 3 aliphatic rings. The maximum absolute atomic E-state index is 4.59. The first-order valence-electron chi connectivity index (χ1n) is 9.84. The van der Waals surface area contributed by atoms with Gasteiger partial charge in [-0.25, -0.2) is 19.9 Å². The number of hydrogen-bond donors (Lipinski definition) is 0. The fourth-order valence-corrected chi connectivity index (χ4v) is 4.92. The Kier molecular flexibility index (Phi) is 4.59. The van der Waals surface area contributed by atoms with Crippen molar-refractivity contribution in [3.05, 3.63) is 29.4 Å². The van der Waals surface area contributed by atoms with Gasteiger partial charge in [0.1, 0.15) is 28.4 Å². The number of fused-ring (bicyclic) bond motifs is 1. The van der Waals surface area contributed by atoms with Gasteiger partial charge in [0.05, 0.1) is 18.4 Å². The van der Waals surface area contributed by atoms with Crippen molar-refractivity contribution < 1.29 is 0 Å². The van der Waals surface area contributed by atoms with Gasteiger partial charge in [0.25, 0.3) is 0 Å². The van der Waals surface area contributed by atoms with Gasteiger partial charge in [-0.3, -0.25) is 0 Å². The molecule has 3 saturated heterocycles. The van der Waals surface area contributed by atoms with E-state index in [2.05, 4.69) is 56.6 Å². The van der Waals surface area contributed by atoms with Gasteiger partial charge >= 0.3 is 0 Å². The van der Waals surface area contributed by atoms with Crippen molar-refractivity contribution in [3.8, 4) is 0 Å². The Balaban J connectivity index is 1.35. The molecule has 3 fully saturated rings. The molecule has 0 N–H and O–H groups in total. The van der Waals surface area contributed by atoms with Crippen LogP contribution in [-0.4, -0.2) is 58.7 Å². The van der Waals surface area contributed by atoms with Gasteiger partial charge in [-0.05, 0) is 47.5 Å². The molecule has 8 heteroatoms. The van der Waals surface area contributed by atoms with E-state index in [-0.39, 0.29) is 0 Å². The van der Waals surface area contributed by atoms with Crippen LogP contribution in [0.5, 0.6) is 0 Å². The Morgan fingerprint density at radius 3 is 2.37 bits per heavy atom. The van der Waals surface area contributed by atoms with Gasteiger partial charge < -0.3 is 14.7 Å². The highest BCUT2D eigenvalue weighted by Crippen LogP contribution is 2.35. The summed E-state index contributed by atoms with van der Waals surface area (Å²) in [6.07, 6.45) is 10.3. The zero-order chi connectivity index (χ0) is 18.2. The standard InChI is InChI=1S/C19H24BrN7/c20-16-10-22-19(11-21-16)27-8-4-14-3-7-26(12-15(14)27)18-9-17(23-13-24-18)25-5-1-2-6-25/h9-11,13-15H,1-8,12H2. The number of halogens is 1. The predicted molar refractivity (Wildman–Crippen MR) is 109 cm³/mol. The predicted octanol–water partition coefficient (Wildman–Crippen LogP) is 2.73. The minimum Gasteiger partial charge on any atom is -0.356 e. The molecule has 3 aliphatic heterocycles. The Morgan fingerprint density at radius 1 is 0.815 bits per heavy atom. The maximum atomic E-state index is 4.59. The van der Waals surface area contributed by atoms with Crippen LogP contribution in [0, 0.1) is 5.92 Å². The van der Waals surface area contributed by atoms with Gasteiger partial charge in [0, 0.05) is 38.8 Å². The molecule has 5 heterocycles. The van der Waals surface area contributed by atoms with E-state index >= 15 is 0 Å². The topological polar surface area (TPSA) is 61.3 Å². The number of rotatable bonds is 3. The smallest absolute Gasteiger partial charge is 0.147 e. The summed E-state index contributed by atoms with van der Waals surface area (Å²) in [6, 6.07) is 2.64. The first-order valence-corrected chi connectivity index (χ1v) is 10.6. The first kappa shape index (κ1) is 17.2. The van der Waals surface area contributed by atoms with Crippen molar-refractivity contribution in [2.45, 2.75) is 31.7 Å². The highest BCUT2D eigenvalue weighted by molar-refractivity contribution is 9.10. The van der Waals surface area contributed by atoms with Crippen molar-refractivity contribution in [2.24, 2.45) is 5.92 Å². The average Bonchev–Trinajstić information content (AvgIpc) is 3.38. The Morgan fingerprint density at radius 2 is 1.59 bits per heavy atom. The molecule has 2 aromatic heterocycles. The van der Waals surface area contributed by atoms with Crippen LogP contribution in [-0.2, 0) is 0 Å². The highest BCUT2D eigenvalue weighted by atomic mass is 79.9. The average molecular weight is 430 g/mol. The van der Waals surface area contributed by atoms with E-state index in [1.807, 2.05) is 6.20 Å². The van der Waals surface area contributed by atoms with Crippen LogP contribution in [0.1, 0.15) is 25.7 Å². The lowest BCUT2D eigenvalue weighted by molar-refractivity contribution is 0.388. The molecule has 0 saturated carbocycles. The molecule has 2 atom stereocenters. The number of hydrogen-bond acceptors (Lipinski definition) is 7. The number of anilines is 3. The lowest BCUT2D eigenvalue weighted by Crippen LogP contribution is -2.49. The van der Waals surface area contributed by atoms with Crippen LogP contribution >= 0.6 is 15.9 Å². The largest absolute Gasteiger partial charge is 0.356 e. The quantitative estimate of drug-likeness (QED) is 0.742. The lowest BCUT2D eigenvalue weighted by Gasteiger charge is -2.39. The molecule has 5 rings (SSSR count). The summed E-state index contributed by atoms with van der Waals surface area (Å²) in [6.45, 7) is 5.33. The monoisotopic (exact) mass is 429 g/mol. The molecule has 0 aromatic carbocycles. The van der Waals surface area contributed by atoms with Crippen LogP contribution in [0.25, 0.3) is 0 Å². The Bertz CT molecular complexity index is 793. The summed E-state index contributed by atoms with van der Waals surface area (Å²) in [5.74, 6) is 3.83. The van der Waals surface area contributed by atoms with Crippen molar-refractivity contribution in [3.63, 3.8) is 0 Å². The second-order valence-electron chi connectivity index (χ2n) is 7.67. The molecule has 0 aliphatic carbocycles. The zero-order valence-electron chi connectivity index (χ0n) is 15.3. The van der Waals surface area contributed by atoms with Crippen LogP contribution in [0.15, 0.2) is 29.4 Å². The fraction of sp³-hybridized carbons (Fsp3) is 0.579. The third kappa shape index (κ3) is 3.35. The van der Waals surface area contributed by atoms with Gasteiger partial charge in [-0.15, -0.1) is 0 Å². The number of aromatic nitrogens is 4. The van der Waals surface area contributed by atoms with Crippen molar-refractivity contribution in [2.75, 3.05) is 47.4 Å². The Labute approximate surface area is 168 Å². The first-order chi connectivity index (χ1) is 13.3. The van der Waals surface area contributed by atoms with E-state index in [4.69, 9.17) is 0 Å². The van der Waals surface area contributed by atoms with E-state index in [0.29, 0.717) is 6.04 Å². The summed E-state index contributed by atoms with van der Waals surface area (Å²) < 4.78 is 0.780. The summed E-state index contributed by atoms with van der Waals surface area (Å²) >= 11 is 3.38. The normalized spacial score (nSPS) is 25.1. The SMILES string of the molecule is Brc1cnc(N2CCC3CCN(c4cc(N5CCCC5)ncn4)CC32)cn1. The van der Waals surface area contributed by atoms with E-state index in [0.717, 1.165) is 60.7 Å². The summed E-state index contributed by atoms with van der Waals surface area (Å²) in [7, 11) is 0. The highest BCUT2D eigenvalue weighted by Gasteiger charge is 2.39. The molecule has 27 heavy (non-hydrogen) atoms. The molecular formula is C19H24BrN7. The van der Waals surface area contributed by atoms with E-state index in [1.54, 1.807) is 12.5 Å². The fourth-order valence-electron chi connectivity index (χ4n) is 4.72. The molecule has 0 spiro atoms. The summed E-state index contributed by atoms with van der Waals surface area (Å²) in [4.78, 5) is 25.3. The van der Waals surface area contributed by atoms with Crippen LogP contribution in [0.2, 0.25) is 0 Å². The molecule has 0 amide bonds. The third-order valence-corrected chi connectivity index (χ3v) is 6.57. The molecular weight excluding hydrogens is 406 g/mol. The number of piperidine rings is 1. The van der Waals surface area contributed by atoms with Crippen molar-refractivity contribution in [1.82, 2.24) is 19.9 Å². The van der Waals surface area contributed by atoms with Gasteiger partial charge in [0.2, 0.25) is 0 Å². The summed E-state index contributed by atoms with van der Waals surface area (Å²) in [5, 5.41) is 0. The second kappa shape index (κ2) is 7.22. The maximum Gasteiger partial charge on any atom is 0.147 e. The summed E-state index contributed by atoms with van der Waals surface area (Å²) in [5.41, 5.74) is 0. The van der Waals surface area contributed by atoms with E-state index in [1.165, 1.54) is 25.7 Å². The van der Waals surface area contributed by atoms with Crippen LogP contribution < -0.4 is 14.7 Å².